The molecule has 43 heavy (non-hydrogen) atoms. The lowest BCUT2D eigenvalue weighted by atomic mass is 9.83. The van der Waals surface area contributed by atoms with Gasteiger partial charge in [-0.1, -0.05) is 19.6 Å². The van der Waals surface area contributed by atoms with Crippen LogP contribution in [0.3, 0.4) is 0 Å². The first kappa shape index (κ1) is 30.1. The average molecular weight is 587 g/mol. The molecule has 3 N–H and O–H groups in total. The molecule has 1 aromatic heterocycles. The lowest BCUT2D eigenvalue weighted by molar-refractivity contribution is -0.155. The fourth-order valence-corrected chi connectivity index (χ4v) is 6.31. The van der Waals surface area contributed by atoms with Crippen molar-refractivity contribution >= 4 is 34.4 Å². The molecule has 2 aliphatic heterocycles. The van der Waals surface area contributed by atoms with E-state index in [0.717, 1.165) is 76.2 Å². The van der Waals surface area contributed by atoms with Crippen molar-refractivity contribution in [2.75, 3.05) is 20.4 Å². The third-order valence-corrected chi connectivity index (χ3v) is 8.27. The van der Waals surface area contributed by atoms with Gasteiger partial charge in [0.05, 0.1) is 43.1 Å². The lowest BCUT2D eigenvalue weighted by Crippen LogP contribution is -2.27. The van der Waals surface area contributed by atoms with E-state index in [-0.39, 0.29) is 18.2 Å². The molecule has 1 atom stereocenters. The molecule has 3 heterocycles. The summed E-state index contributed by atoms with van der Waals surface area (Å²) in [6, 6.07) is 1.36. The molecule has 5 rings (SSSR count). The van der Waals surface area contributed by atoms with Gasteiger partial charge in [-0.3, -0.25) is 9.59 Å². The van der Waals surface area contributed by atoms with Crippen molar-refractivity contribution in [2.45, 2.75) is 45.6 Å². The molecular weight excluding hydrogens is 551 g/mol. The first-order valence-electron chi connectivity index (χ1n) is 14.3. The predicted molar refractivity (Wildman–Crippen MR) is 160 cm³/mol. The summed E-state index contributed by atoms with van der Waals surface area (Å²) in [5.41, 5.74) is 13.5. The monoisotopic (exact) mass is 586 g/mol. The van der Waals surface area contributed by atoms with Gasteiger partial charge in [0.2, 0.25) is 5.91 Å². The van der Waals surface area contributed by atoms with Crippen LogP contribution in [0.1, 0.15) is 47.7 Å². The summed E-state index contributed by atoms with van der Waals surface area (Å²) in [5, 5.41) is 3.14. The number of allylic oxidation sites excluding steroid dienone is 3. The van der Waals surface area contributed by atoms with Gasteiger partial charge in [0.1, 0.15) is 5.82 Å². The number of esters is 2. The van der Waals surface area contributed by atoms with E-state index in [9.17, 15) is 14.4 Å². The van der Waals surface area contributed by atoms with Crippen molar-refractivity contribution < 1.29 is 28.2 Å². The van der Waals surface area contributed by atoms with Crippen LogP contribution in [0, 0.1) is 11.7 Å². The fourth-order valence-electron chi connectivity index (χ4n) is 6.31. The number of carbonyl (C=O) groups excluding carboxylic acids is 3. The highest BCUT2D eigenvalue weighted by Crippen LogP contribution is 2.47. The number of rotatable bonds is 10. The molecule has 1 aromatic carbocycles. The van der Waals surface area contributed by atoms with Crippen LogP contribution < -0.4 is 11.1 Å². The quantitative estimate of drug-likeness (QED) is 0.141. The van der Waals surface area contributed by atoms with E-state index in [0.29, 0.717) is 30.7 Å². The summed E-state index contributed by atoms with van der Waals surface area (Å²) in [5.74, 6) is -3.01. The number of benzene rings is 1. The van der Waals surface area contributed by atoms with E-state index in [2.05, 4.69) is 36.4 Å². The standard InChI is InChI=1S/C33H35FN4O5/c1-5-19(6-2)22-12-28-33-24(15-38(28)18(3)25(22)16-42-4)21-9-7-8-20-23(26(34)14-27(37-33)32(20)21)13-31(41)43-30(40)11-10-29(39)36-17-35/h5,10-12,14,19H,1,3,6-9,13,15-17,35H2,2,4H3,(H,36,39)/b11-10-. The number of nitrogens with two attached hydrogens (primary N) is 1. The minimum Gasteiger partial charge on any atom is -0.390 e. The van der Waals surface area contributed by atoms with Crippen molar-refractivity contribution in [3.63, 3.8) is 0 Å². The van der Waals surface area contributed by atoms with E-state index < -0.39 is 30.1 Å². The van der Waals surface area contributed by atoms with E-state index in [1.54, 1.807) is 7.11 Å². The second-order valence-corrected chi connectivity index (χ2v) is 10.7. The number of hydrogen-bond acceptors (Lipinski definition) is 8. The van der Waals surface area contributed by atoms with Gasteiger partial charge in [-0.2, -0.15) is 0 Å². The molecular formula is C33H35FN4O5. The van der Waals surface area contributed by atoms with E-state index in [1.165, 1.54) is 6.07 Å². The van der Waals surface area contributed by atoms with Crippen LogP contribution >= 0.6 is 0 Å². The molecule has 0 fully saturated rings. The van der Waals surface area contributed by atoms with Gasteiger partial charge in [-0.05, 0) is 48.5 Å². The minimum atomic E-state index is -1.03. The van der Waals surface area contributed by atoms with Crippen molar-refractivity contribution in [2.24, 2.45) is 11.7 Å². The summed E-state index contributed by atoms with van der Waals surface area (Å²) in [6.07, 6.45) is 8.40. The van der Waals surface area contributed by atoms with Crippen LogP contribution in [0.15, 0.2) is 60.4 Å². The lowest BCUT2D eigenvalue weighted by Gasteiger charge is -2.32. The molecule has 0 radical (unpaired) electrons. The van der Waals surface area contributed by atoms with Gasteiger partial charge in [0.25, 0.3) is 0 Å². The number of nitrogens with one attached hydrogen (secondary N) is 1. The Balaban J connectivity index is 1.52. The van der Waals surface area contributed by atoms with Crippen LogP contribution in [0.4, 0.5) is 4.39 Å². The first-order chi connectivity index (χ1) is 20.7. The highest BCUT2D eigenvalue weighted by Gasteiger charge is 2.37. The van der Waals surface area contributed by atoms with Crippen LogP contribution in [-0.4, -0.2) is 48.1 Å². The molecule has 0 saturated heterocycles. The van der Waals surface area contributed by atoms with Gasteiger partial charge in [-0.15, -0.1) is 6.58 Å². The highest BCUT2D eigenvalue weighted by atomic mass is 19.1. The van der Waals surface area contributed by atoms with Gasteiger partial charge < -0.3 is 25.4 Å². The summed E-state index contributed by atoms with van der Waals surface area (Å²) < 4.78 is 26.0. The number of aromatic nitrogens is 1. The molecule has 1 amide bonds. The van der Waals surface area contributed by atoms with Crippen LogP contribution in [0.25, 0.3) is 16.6 Å². The third-order valence-electron chi connectivity index (χ3n) is 8.27. The molecule has 10 heteroatoms. The van der Waals surface area contributed by atoms with Gasteiger partial charge in [-0.25, -0.2) is 14.2 Å². The molecule has 3 aliphatic rings. The smallest absolute Gasteiger partial charge is 0.338 e. The number of halogens is 1. The Hall–Kier alpha value is -4.41. The van der Waals surface area contributed by atoms with Crippen molar-refractivity contribution in [1.82, 2.24) is 15.2 Å². The molecule has 1 aliphatic carbocycles. The topological polar surface area (TPSA) is 124 Å². The highest BCUT2D eigenvalue weighted by molar-refractivity contribution is 5.99. The number of methoxy groups -OCH3 is 1. The second-order valence-electron chi connectivity index (χ2n) is 10.7. The van der Waals surface area contributed by atoms with Crippen LogP contribution in [0.2, 0.25) is 0 Å². The van der Waals surface area contributed by atoms with Crippen LogP contribution in [0.5, 0.6) is 0 Å². The Kier molecular flexibility index (Phi) is 8.70. The first-order valence-corrected chi connectivity index (χ1v) is 14.3. The number of carbonyl (C=O) groups is 3. The van der Waals surface area contributed by atoms with E-state index >= 15 is 4.39 Å². The van der Waals surface area contributed by atoms with E-state index in [4.69, 9.17) is 20.2 Å². The van der Waals surface area contributed by atoms with Gasteiger partial charge >= 0.3 is 11.9 Å². The molecule has 2 aromatic rings. The number of ether oxygens (including phenoxy) is 2. The molecule has 0 spiro atoms. The van der Waals surface area contributed by atoms with Crippen molar-refractivity contribution in [1.29, 1.82) is 0 Å². The van der Waals surface area contributed by atoms with Gasteiger partial charge in [0.15, 0.2) is 0 Å². The van der Waals surface area contributed by atoms with E-state index in [1.807, 2.05) is 6.08 Å². The minimum absolute atomic E-state index is 0.104. The fraction of sp³-hybridized carbons (Fsp3) is 0.333. The summed E-state index contributed by atoms with van der Waals surface area (Å²) in [6.45, 7) is 11.5. The maximum atomic E-state index is 15.6. The Morgan fingerprint density at radius 3 is 2.70 bits per heavy atom. The average Bonchev–Trinajstić information content (AvgIpc) is 3.35. The Morgan fingerprint density at radius 1 is 1.23 bits per heavy atom. The SMILES string of the molecule is C=CC(CC)C1=C(COC)C(=C)N2Cc3c(nc4cc(F)c(CC(=O)OC(=O)/C=C\C(=O)NCN)c5c4c3CCC5)C2=C1. The normalized spacial score (nSPS) is 16.2. The maximum absolute atomic E-state index is 15.6. The molecule has 0 saturated carbocycles. The van der Waals surface area contributed by atoms with Crippen LogP contribution in [-0.2, 0) is 49.7 Å². The zero-order chi connectivity index (χ0) is 30.8. The molecule has 9 nitrogen and oxygen atoms in total. The number of hydrogen-bond donors (Lipinski definition) is 2. The maximum Gasteiger partial charge on any atom is 0.338 e. The number of fused-ring (bicyclic) bond motifs is 4. The Labute approximate surface area is 249 Å². The Morgan fingerprint density at radius 2 is 2.00 bits per heavy atom. The zero-order valence-corrected chi connectivity index (χ0v) is 24.4. The van der Waals surface area contributed by atoms with Crippen molar-refractivity contribution in [3.8, 4) is 0 Å². The molecule has 1 unspecified atom stereocenters. The number of aryl methyl sites for hydroxylation is 2. The second kappa shape index (κ2) is 12.4. The summed E-state index contributed by atoms with van der Waals surface area (Å²) in [4.78, 5) is 43.3. The third kappa shape index (κ3) is 5.55. The van der Waals surface area contributed by atoms with Crippen molar-refractivity contribution in [3.05, 3.63) is 94.1 Å². The predicted octanol–water partition coefficient (Wildman–Crippen LogP) is 3.90. The van der Waals surface area contributed by atoms with Gasteiger partial charge in [0, 0.05) is 59.0 Å². The zero-order valence-electron chi connectivity index (χ0n) is 24.4. The Bertz CT molecular complexity index is 1650. The number of nitrogens with zero attached hydrogens (tertiary/aromatic N) is 2. The number of amides is 1. The summed E-state index contributed by atoms with van der Waals surface area (Å²) in [7, 11) is 1.67. The molecule has 224 valence electrons. The summed E-state index contributed by atoms with van der Waals surface area (Å²) >= 11 is 0. The molecule has 0 bridgehead atoms. The number of pyridine rings is 1. The largest absolute Gasteiger partial charge is 0.390 e.